The molecule has 2 heterocycles. The third kappa shape index (κ3) is 8.02. The molecule has 1 aromatic heterocycles. The minimum Gasteiger partial charge on any atom is -0.408 e. The van der Waals surface area contributed by atoms with E-state index in [1.807, 2.05) is 42.5 Å². The van der Waals surface area contributed by atoms with Crippen molar-refractivity contribution in [3.63, 3.8) is 0 Å². The largest absolute Gasteiger partial charge is 0.419 e. The number of nitriles is 1. The minimum absolute atomic E-state index is 0. The summed E-state index contributed by atoms with van der Waals surface area (Å²) in [6.07, 6.45) is 0.984. The molecule has 2 atom stereocenters. The van der Waals surface area contributed by atoms with Crippen molar-refractivity contribution >= 4 is 17.5 Å². The Morgan fingerprint density at radius 2 is 2.00 bits per heavy atom. The summed E-state index contributed by atoms with van der Waals surface area (Å²) >= 11 is 0. The van der Waals surface area contributed by atoms with Crippen LogP contribution in [0.4, 0.5) is 0 Å². The van der Waals surface area contributed by atoms with Crippen molar-refractivity contribution in [2.24, 2.45) is 13.0 Å². The van der Waals surface area contributed by atoms with Crippen LogP contribution in [0.1, 0.15) is 29.2 Å². The Bertz CT molecular complexity index is 1260. The molecule has 0 saturated carbocycles. The van der Waals surface area contributed by atoms with Crippen molar-refractivity contribution in [1.82, 2.24) is 15.2 Å². The highest BCUT2D eigenvalue weighted by Gasteiger charge is 2.27. The van der Waals surface area contributed by atoms with Gasteiger partial charge >= 0.3 is 5.76 Å². The predicted octanol–water partition coefficient (Wildman–Crippen LogP) is 3.51. The van der Waals surface area contributed by atoms with Gasteiger partial charge in [0.15, 0.2) is 5.58 Å². The molecule has 0 aliphatic carbocycles. The van der Waals surface area contributed by atoms with E-state index in [2.05, 4.69) is 31.4 Å². The van der Waals surface area contributed by atoms with Gasteiger partial charge in [-0.1, -0.05) is 44.2 Å². The number of aromatic nitrogens is 1. The number of nitrogens with zero attached hydrogens (tertiary/aromatic N) is 2. The molecule has 9 nitrogen and oxygen atoms in total. The highest BCUT2D eigenvalue weighted by molar-refractivity contribution is 5.80. The molecule has 4 rings (SSSR count). The van der Waals surface area contributed by atoms with Gasteiger partial charge in [0.05, 0.1) is 24.8 Å². The molecule has 0 spiro atoms. The first-order chi connectivity index (χ1) is 17.7. The summed E-state index contributed by atoms with van der Waals surface area (Å²) in [5.41, 5.74) is 4.07. The third-order valence-electron chi connectivity index (χ3n) is 6.04. The number of carbonyl (C=O) groups is 1. The number of carbonyl (C=O) groups excluding carboxylic acids is 1. The molecule has 9 heteroatoms. The molecule has 202 valence electrons. The lowest BCUT2D eigenvalue weighted by Gasteiger charge is -2.28. The maximum atomic E-state index is 11.6. The van der Waals surface area contributed by atoms with Gasteiger partial charge in [0.1, 0.15) is 11.6 Å². The SMILES string of the molecule is CC(C)CO[C@]1(C)CNCCOC1.Cn1c(=O)oc2ccc(-c3ccc(C[C@@H](C#N)NC=O)cc3)cc21.[HH].[HH]. The van der Waals surface area contributed by atoms with Crippen molar-refractivity contribution in [2.75, 3.05) is 32.9 Å². The van der Waals surface area contributed by atoms with E-state index in [1.165, 1.54) is 4.57 Å². The lowest BCUT2D eigenvalue weighted by molar-refractivity contribution is -0.109. The average Bonchev–Trinajstić information content (AvgIpc) is 3.03. The molecule has 0 unspecified atom stereocenters. The van der Waals surface area contributed by atoms with E-state index in [4.69, 9.17) is 19.2 Å². The van der Waals surface area contributed by atoms with Gasteiger partial charge in [0.25, 0.3) is 0 Å². The predicted molar refractivity (Wildman–Crippen MR) is 146 cm³/mol. The number of fused-ring (bicyclic) bond motifs is 1. The van der Waals surface area contributed by atoms with Gasteiger partial charge in [-0.15, -0.1) is 0 Å². The lowest BCUT2D eigenvalue weighted by Crippen LogP contribution is -2.42. The summed E-state index contributed by atoms with van der Waals surface area (Å²) in [7, 11) is 1.67. The fraction of sp³-hybridized carbons (Fsp3) is 0.464. The number of hydrogen-bond acceptors (Lipinski definition) is 7. The quantitative estimate of drug-likeness (QED) is 0.443. The van der Waals surface area contributed by atoms with Gasteiger partial charge < -0.3 is 24.5 Å². The summed E-state index contributed by atoms with van der Waals surface area (Å²) in [4.78, 5) is 22.0. The Hall–Kier alpha value is -3.45. The zero-order valence-corrected chi connectivity index (χ0v) is 22.0. The zero-order valence-electron chi connectivity index (χ0n) is 22.0. The second-order valence-electron chi connectivity index (χ2n) is 9.86. The van der Waals surface area contributed by atoms with Crippen molar-refractivity contribution in [1.29, 1.82) is 5.26 Å². The molecule has 37 heavy (non-hydrogen) atoms. The Labute approximate surface area is 220 Å². The summed E-state index contributed by atoms with van der Waals surface area (Å²) < 4.78 is 17.9. The fourth-order valence-corrected chi connectivity index (χ4v) is 3.90. The first-order valence-electron chi connectivity index (χ1n) is 12.5. The van der Waals surface area contributed by atoms with E-state index >= 15 is 0 Å². The molecule has 3 aromatic rings. The fourth-order valence-electron chi connectivity index (χ4n) is 3.90. The second-order valence-corrected chi connectivity index (χ2v) is 9.86. The van der Waals surface area contributed by atoms with Gasteiger partial charge in [0, 0.05) is 36.0 Å². The minimum atomic E-state index is -0.537. The van der Waals surface area contributed by atoms with Gasteiger partial charge in [-0.3, -0.25) is 9.36 Å². The molecule has 1 aliphatic heterocycles. The molecule has 1 fully saturated rings. The van der Waals surface area contributed by atoms with Crippen LogP contribution < -0.4 is 16.4 Å². The Balaban J connectivity index is 0.000000435. The number of aryl methyl sites for hydroxylation is 1. The molecule has 1 saturated heterocycles. The highest BCUT2D eigenvalue weighted by Crippen LogP contribution is 2.24. The van der Waals surface area contributed by atoms with Crippen LogP contribution in [0.2, 0.25) is 0 Å². The Kier molecular flexibility index (Phi) is 10.0. The van der Waals surface area contributed by atoms with Crippen LogP contribution in [0.15, 0.2) is 51.7 Å². The lowest BCUT2D eigenvalue weighted by atomic mass is 10.0. The number of oxazole rings is 1. The molecule has 2 aromatic carbocycles. The van der Waals surface area contributed by atoms with Gasteiger partial charge in [-0.05, 0) is 41.7 Å². The van der Waals surface area contributed by atoms with Crippen LogP contribution in [0.25, 0.3) is 22.2 Å². The number of nitrogens with one attached hydrogen (secondary N) is 2. The van der Waals surface area contributed by atoms with E-state index < -0.39 is 6.04 Å². The Morgan fingerprint density at radius 3 is 2.68 bits per heavy atom. The van der Waals surface area contributed by atoms with Crippen LogP contribution in [-0.4, -0.2) is 55.5 Å². The smallest absolute Gasteiger partial charge is 0.408 e. The second kappa shape index (κ2) is 13.2. The van der Waals surface area contributed by atoms with E-state index in [-0.39, 0.29) is 14.2 Å². The summed E-state index contributed by atoms with van der Waals surface area (Å²) in [6.45, 7) is 10.5. The molecule has 0 radical (unpaired) electrons. The monoisotopic (exact) mass is 512 g/mol. The maximum absolute atomic E-state index is 11.6. The summed E-state index contributed by atoms with van der Waals surface area (Å²) in [5, 5.41) is 14.8. The van der Waals surface area contributed by atoms with Crippen LogP contribution in [-0.2, 0) is 27.7 Å². The van der Waals surface area contributed by atoms with Crippen molar-refractivity contribution in [2.45, 2.75) is 38.8 Å². The van der Waals surface area contributed by atoms with Crippen molar-refractivity contribution in [3.05, 3.63) is 58.6 Å². The molecule has 0 bridgehead atoms. The summed E-state index contributed by atoms with van der Waals surface area (Å²) in [5.74, 6) is 0.197. The van der Waals surface area contributed by atoms with E-state index in [9.17, 15) is 9.59 Å². The summed E-state index contributed by atoms with van der Waals surface area (Å²) in [6, 6.07) is 14.8. The number of ether oxygens (including phenoxy) is 2. The highest BCUT2D eigenvalue weighted by atomic mass is 16.5. The standard InChI is InChI=1S/C18H15N3O3.C10H21NO2.2H2/c1-21-16-9-14(6-7-17(16)24-18(21)23)13-4-2-12(3-5-13)8-15(10-19)20-11-22;1-9(2)6-13-10(3)7-11-4-5-12-8-10;;/h2-7,9,11,15H,8H2,1H3,(H,20,22);9,11H,4-8H2,1-3H3;2*1H/t15-;10-;;/m01../s1. The normalized spacial score (nSPS) is 18.4. The van der Waals surface area contributed by atoms with Gasteiger partial charge in [-0.25, -0.2) is 4.79 Å². The van der Waals surface area contributed by atoms with Crippen LogP contribution in [0.5, 0.6) is 0 Å². The molecular weight excluding hydrogens is 472 g/mol. The van der Waals surface area contributed by atoms with Crippen LogP contribution >= 0.6 is 0 Å². The first kappa shape index (κ1) is 28.1. The molecule has 2 N–H and O–H groups in total. The molecule has 1 aliphatic rings. The number of rotatable bonds is 8. The van der Waals surface area contributed by atoms with Gasteiger partial charge in [0.2, 0.25) is 6.41 Å². The zero-order chi connectivity index (χ0) is 26.8. The molecular formula is C28H40N4O5. The number of benzene rings is 2. The number of hydrogen-bond donors (Lipinski definition) is 2. The number of amides is 1. The van der Waals surface area contributed by atoms with E-state index in [1.54, 1.807) is 13.1 Å². The topological polar surface area (TPSA) is 119 Å². The first-order valence-corrected chi connectivity index (χ1v) is 12.5. The van der Waals surface area contributed by atoms with E-state index in [0.29, 0.717) is 30.9 Å². The molecule has 1 amide bonds. The van der Waals surface area contributed by atoms with Crippen molar-refractivity contribution < 1.29 is 21.5 Å². The van der Waals surface area contributed by atoms with Crippen LogP contribution in [0, 0.1) is 17.2 Å². The third-order valence-corrected chi connectivity index (χ3v) is 6.04. The van der Waals surface area contributed by atoms with Crippen molar-refractivity contribution in [3.8, 4) is 17.2 Å². The maximum Gasteiger partial charge on any atom is 0.419 e. The van der Waals surface area contributed by atoms with Crippen LogP contribution in [0.3, 0.4) is 0 Å². The van der Waals surface area contributed by atoms with E-state index in [0.717, 1.165) is 48.5 Å². The Morgan fingerprint density at radius 1 is 1.27 bits per heavy atom. The van der Waals surface area contributed by atoms with Gasteiger partial charge in [-0.2, -0.15) is 5.26 Å². The average molecular weight is 513 g/mol.